The fraction of sp³-hybridized carbons (Fsp3) is 0.429. The lowest BCUT2D eigenvalue weighted by Crippen LogP contribution is -1.79. The molecule has 0 N–H and O–H groups in total. The molecule has 0 unspecified atom stereocenters. The van der Waals surface area contributed by atoms with E-state index in [1.54, 1.807) is 11.1 Å². The summed E-state index contributed by atoms with van der Waals surface area (Å²) in [7, 11) is 0. The lowest BCUT2D eigenvalue weighted by atomic mass is 10.2. The molecule has 2 aliphatic carbocycles. The summed E-state index contributed by atoms with van der Waals surface area (Å²) in [6, 6.07) is 0. The van der Waals surface area contributed by atoms with Gasteiger partial charge in [0, 0.05) is 8.96 Å². The first kappa shape index (κ1) is 6.17. The third-order valence-electron chi connectivity index (χ3n) is 1.97. The number of fused-ring (bicyclic) bond motifs is 2. The van der Waals surface area contributed by atoms with Crippen LogP contribution in [-0.4, -0.2) is 0 Å². The zero-order chi connectivity index (χ0) is 6.43. The molecule has 0 aliphatic heterocycles. The third-order valence-corrected chi connectivity index (χ3v) is 4.42. The van der Waals surface area contributed by atoms with Crippen LogP contribution in [0.2, 0.25) is 0 Å². The molecule has 0 saturated heterocycles. The quantitative estimate of drug-likeness (QED) is 0.617. The summed E-state index contributed by atoms with van der Waals surface area (Å²) in [5.41, 5.74) is 3.16. The van der Waals surface area contributed by atoms with Crippen LogP contribution in [0.15, 0.2) is 20.1 Å². The van der Waals surface area contributed by atoms with E-state index in [1.165, 1.54) is 28.2 Å². The van der Waals surface area contributed by atoms with E-state index in [0.717, 1.165) is 0 Å². The van der Waals surface area contributed by atoms with E-state index >= 15 is 0 Å². The van der Waals surface area contributed by atoms with E-state index < -0.39 is 0 Å². The minimum absolute atomic E-state index is 1.22. The van der Waals surface area contributed by atoms with E-state index in [1.807, 2.05) is 0 Å². The van der Waals surface area contributed by atoms with Crippen LogP contribution in [0.1, 0.15) is 19.3 Å². The van der Waals surface area contributed by atoms with E-state index in [0.29, 0.717) is 0 Å². The van der Waals surface area contributed by atoms with Crippen molar-refractivity contribution in [1.82, 2.24) is 0 Å². The van der Waals surface area contributed by atoms with Crippen molar-refractivity contribution in [2.45, 2.75) is 19.3 Å². The molecule has 2 bridgehead atoms. The summed E-state index contributed by atoms with van der Waals surface area (Å²) in [6.45, 7) is 0. The Balaban J connectivity index is 2.52. The molecule has 0 heterocycles. The van der Waals surface area contributed by atoms with Gasteiger partial charge in [-0.1, -0.05) is 11.1 Å². The molecule has 48 valence electrons. The molecular formula is C7H6Br2. The number of rotatable bonds is 0. The molecule has 0 aromatic heterocycles. The molecule has 0 spiro atoms. The summed E-state index contributed by atoms with van der Waals surface area (Å²) in [6.07, 6.45) is 3.79. The second-order valence-corrected chi connectivity index (χ2v) is 4.10. The van der Waals surface area contributed by atoms with Crippen LogP contribution in [0.3, 0.4) is 0 Å². The maximum atomic E-state index is 3.54. The molecule has 2 heteroatoms. The zero-order valence-corrected chi connectivity index (χ0v) is 8.05. The second kappa shape index (κ2) is 1.96. The molecule has 0 nitrogen and oxygen atoms in total. The lowest BCUT2D eigenvalue weighted by molar-refractivity contribution is 1.03. The van der Waals surface area contributed by atoms with Gasteiger partial charge in [0.1, 0.15) is 0 Å². The summed E-state index contributed by atoms with van der Waals surface area (Å²) in [5, 5.41) is 0. The number of hydrogen-bond donors (Lipinski definition) is 0. The van der Waals surface area contributed by atoms with Crippen LogP contribution in [0.4, 0.5) is 0 Å². The van der Waals surface area contributed by atoms with E-state index in [2.05, 4.69) is 31.9 Å². The summed E-state index contributed by atoms with van der Waals surface area (Å²) < 4.78 is 2.65. The Hall–Kier alpha value is 0.440. The Morgan fingerprint density at radius 2 is 1.33 bits per heavy atom. The smallest absolute Gasteiger partial charge is 0.0312 e. The summed E-state index contributed by atoms with van der Waals surface area (Å²) >= 11 is 7.07. The Bertz CT molecular complexity index is 199. The van der Waals surface area contributed by atoms with Gasteiger partial charge in [-0.25, -0.2) is 0 Å². The van der Waals surface area contributed by atoms with Crippen LogP contribution in [-0.2, 0) is 0 Å². The van der Waals surface area contributed by atoms with Crippen molar-refractivity contribution < 1.29 is 0 Å². The molecular weight excluding hydrogens is 244 g/mol. The van der Waals surface area contributed by atoms with Crippen molar-refractivity contribution in [2.75, 3.05) is 0 Å². The maximum Gasteiger partial charge on any atom is 0.0312 e. The molecule has 9 heavy (non-hydrogen) atoms. The molecule has 0 aromatic rings. The Morgan fingerprint density at radius 1 is 0.889 bits per heavy atom. The highest BCUT2D eigenvalue weighted by Crippen LogP contribution is 2.48. The molecule has 2 rings (SSSR count). The highest BCUT2D eigenvalue weighted by atomic mass is 79.9. The fourth-order valence-corrected chi connectivity index (χ4v) is 2.66. The average Bonchev–Trinajstić information content (AvgIpc) is 2.37. The minimum Gasteiger partial charge on any atom is -0.0504 e. The maximum absolute atomic E-state index is 3.54. The van der Waals surface area contributed by atoms with Crippen molar-refractivity contribution in [3.05, 3.63) is 20.1 Å². The van der Waals surface area contributed by atoms with Crippen molar-refractivity contribution in [2.24, 2.45) is 0 Å². The van der Waals surface area contributed by atoms with Crippen LogP contribution in [0.5, 0.6) is 0 Å². The molecule has 0 radical (unpaired) electrons. The lowest BCUT2D eigenvalue weighted by Gasteiger charge is -2.01. The van der Waals surface area contributed by atoms with Crippen molar-refractivity contribution in [1.29, 1.82) is 0 Å². The van der Waals surface area contributed by atoms with E-state index in [9.17, 15) is 0 Å². The Labute approximate surface area is 71.3 Å². The normalized spacial score (nSPS) is 24.7. The largest absolute Gasteiger partial charge is 0.0504 e. The molecule has 1 fully saturated rings. The van der Waals surface area contributed by atoms with Gasteiger partial charge in [-0.15, -0.1) is 0 Å². The van der Waals surface area contributed by atoms with Gasteiger partial charge in [0.25, 0.3) is 0 Å². The molecule has 0 amide bonds. The van der Waals surface area contributed by atoms with Crippen molar-refractivity contribution in [3.8, 4) is 0 Å². The van der Waals surface area contributed by atoms with E-state index in [4.69, 9.17) is 0 Å². The molecule has 1 saturated carbocycles. The highest BCUT2D eigenvalue weighted by Gasteiger charge is 2.26. The van der Waals surface area contributed by atoms with Gasteiger partial charge < -0.3 is 0 Å². The Morgan fingerprint density at radius 3 is 1.56 bits per heavy atom. The monoisotopic (exact) mass is 248 g/mol. The number of allylic oxidation sites excluding steroid dienone is 4. The minimum atomic E-state index is 1.22. The SMILES string of the molecule is BrC1=C2CCC(=C1Br)C2. The molecule has 2 aliphatic rings. The predicted molar refractivity (Wildman–Crippen MR) is 45.8 cm³/mol. The first-order valence-corrected chi connectivity index (χ1v) is 4.63. The van der Waals surface area contributed by atoms with Gasteiger partial charge in [-0.2, -0.15) is 0 Å². The predicted octanol–water partition coefficient (Wildman–Crippen LogP) is 3.48. The van der Waals surface area contributed by atoms with Crippen molar-refractivity contribution in [3.63, 3.8) is 0 Å². The van der Waals surface area contributed by atoms with Crippen LogP contribution in [0, 0.1) is 0 Å². The zero-order valence-electron chi connectivity index (χ0n) is 4.88. The Kier molecular flexibility index (Phi) is 1.34. The topological polar surface area (TPSA) is 0 Å². The highest BCUT2D eigenvalue weighted by molar-refractivity contribution is 9.15. The second-order valence-electron chi connectivity index (χ2n) is 2.51. The molecule has 0 atom stereocenters. The number of halogens is 2. The average molecular weight is 250 g/mol. The van der Waals surface area contributed by atoms with Gasteiger partial charge in [0.05, 0.1) is 0 Å². The van der Waals surface area contributed by atoms with Crippen molar-refractivity contribution >= 4 is 31.9 Å². The summed E-state index contributed by atoms with van der Waals surface area (Å²) in [5.74, 6) is 0. The van der Waals surface area contributed by atoms with Crippen LogP contribution >= 0.6 is 31.9 Å². The fourth-order valence-electron chi connectivity index (χ4n) is 1.42. The summed E-state index contributed by atoms with van der Waals surface area (Å²) in [4.78, 5) is 0. The van der Waals surface area contributed by atoms with Gasteiger partial charge in [0.2, 0.25) is 0 Å². The van der Waals surface area contributed by atoms with E-state index in [-0.39, 0.29) is 0 Å². The third kappa shape index (κ3) is 0.761. The van der Waals surface area contributed by atoms with Crippen LogP contribution in [0.25, 0.3) is 0 Å². The standard InChI is InChI=1S/C7H6Br2/c8-6-4-1-2-5(3-4)7(6)9/h1-3H2. The number of hydrogen-bond acceptors (Lipinski definition) is 0. The first-order chi connectivity index (χ1) is 4.29. The van der Waals surface area contributed by atoms with Gasteiger partial charge in [0.15, 0.2) is 0 Å². The van der Waals surface area contributed by atoms with Gasteiger partial charge >= 0.3 is 0 Å². The van der Waals surface area contributed by atoms with Gasteiger partial charge in [-0.3, -0.25) is 0 Å². The first-order valence-electron chi connectivity index (χ1n) is 3.04. The van der Waals surface area contributed by atoms with Crippen LogP contribution < -0.4 is 0 Å². The molecule has 0 aromatic carbocycles. The van der Waals surface area contributed by atoms with Gasteiger partial charge in [-0.05, 0) is 51.1 Å².